The molecule has 154 valence electrons. The minimum absolute atomic E-state index is 0.0699. The maximum Gasteiger partial charge on any atom is 0.416 e. The van der Waals surface area contributed by atoms with Gasteiger partial charge in [0.2, 0.25) is 5.91 Å². The molecule has 0 N–H and O–H groups in total. The second-order valence-electron chi connectivity index (χ2n) is 6.91. The molecule has 3 rings (SSSR count). The molecule has 1 heterocycles. The first-order valence-corrected chi connectivity index (χ1v) is 9.35. The van der Waals surface area contributed by atoms with Crippen LogP contribution in [0.5, 0.6) is 5.75 Å². The lowest BCUT2D eigenvalue weighted by Gasteiger charge is -2.34. The minimum Gasteiger partial charge on any atom is -0.497 e. The molecule has 1 saturated heterocycles. The first kappa shape index (κ1) is 20.9. The van der Waals surface area contributed by atoms with E-state index in [1.165, 1.54) is 12.1 Å². The second-order valence-corrected chi connectivity index (χ2v) is 6.91. The molecule has 2 aromatic rings. The Morgan fingerprint density at radius 2 is 1.76 bits per heavy atom. The van der Waals surface area contributed by atoms with Gasteiger partial charge < -0.3 is 9.64 Å². The maximum atomic E-state index is 12.8. The number of halogens is 3. The van der Waals surface area contributed by atoms with Gasteiger partial charge in [-0.3, -0.25) is 9.69 Å². The number of hydrogen-bond donors (Lipinski definition) is 0. The topological polar surface area (TPSA) is 32.8 Å². The second kappa shape index (κ2) is 9.13. The van der Waals surface area contributed by atoms with Gasteiger partial charge in [0.15, 0.2) is 0 Å². The van der Waals surface area contributed by atoms with Gasteiger partial charge in [-0.1, -0.05) is 30.3 Å². The zero-order valence-electron chi connectivity index (χ0n) is 16.2. The predicted molar refractivity (Wildman–Crippen MR) is 105 cm³/mol. The van der Waals surface area contributed by atoms with Crippen molar-refractivity contribution < 1.29 is 22.7 Å². The average Bonchev–Trinajstić information content (AvgIpc) is 2.72. The Hall–Kier alpha value is -2.80. The highest BCUT2D eigenvalue weighted by Crippen LogP contribution is 2.29. The maximum absolute atomic E-state index is 12.8. The fraction of sp³-hybridized carbons (Fsp3) is 0.318. The molecule has 0 saturated carbocycles. The molecule has 4 nitrogen and oxygen atoms in total. The normalized spacial score (nSPS) is 15.7. The molecule has 1 aliphatic rings. The van der Waals surface area contributed by atoms with E-state index in [2.05, 4.69) is 4.90 Å². The summed E-state index contributed by atoms with van der Waals surface area (Å²) in [7, 11) is 1.60. The van der Waals surface area contributed by atoms with Crippen LogP contribution in [0.15, 0.2) is 54.6 Å². The highest BCUT2D eigenvalue weighted by Gasteiger charge is 2.30. The molecule has 0 spiro atoms. The summed E-state index contributed by atoms with van der Waals surface area (Å²) in [4.78, 5) is 16.2. The van der Waals surface area contributed by atoms with Crippen LogP contribution in [0.25, 0.3) is 6.08 Å². The number of nitrogens with zero attached hydrogens (tertiary/aromatic N) is 2. The Morgan fingerprint density at radius 3 is 2.38 bits per heavy atom. The summed E-state index contributed by atoms with van der Waals surface area (Å²) >= 11 is 0. The Bertz CT molecular complexity index is 855. The van der Waals surface area contributed by atoms with Gasteiger partial charge in [-0.2, -0.15) is 13.2 Å². The molecular weight excluding hydrogens is 381 g/mol. The number of ether oxygens (including phenoxy) is 1. The third-order valence-electron chi connectivity index (χ3n) is 4.88. The van der Waals surface area contributed by atoms with E-state index < -0.39 is 11.7 Å². The zero-order valence-corrected chi connectivity index (χ0v) is 16.2. The standard InChI is InChI=1S/C22H23F3N2O2/c1-29-20-8-5-17(6-9-20)7-10-21(28)27-13-11-26(12-14-27)16-18-3-2-4-19(15-18)22(23,24)25/h2-10,15H,11-14,16H2,1H3. The number of carbonyl (C=O) groups excluding carboxylic acids is 1. The van der Waals surface area contributed by atoms with Crippen molar-refractivity contribution in [2.24, 2.45) is 0 Å². The minimum atomic E-state index is -4.34. The summed E-state index contributed by atoms with van der Waals surface area (Å²) in [5, 5.41) is 0. The molecule has 0 unspecified atom stereocenters. The van der Waals surface area contributed by atoms with E-state index in [9.17, 15) is 18.0 Å². The largest absolute Gasteiger partial charge is 0.497 e. The van der Waals surface area contributed by atoms with Crippen LogP contribution in [0.2, 0.25) is 0 Å². The first-order chi connectivity index (χ1) is 13.8. The molecule has 1 amide bonds. The van der Waals surface area contributed by atoms with Crippen molar-refractivity contribution in [2.45, 2.75) is 12.7 Å². The predicted octanol–water partition coefficient (Wildman–Crippen LogP) is 4.07. The Labute approximate surface area is 168 Å². The molecular formula is C22H23F3N2O2. The van der Waals surface area contributed by atoms with Crippen molar-refractivity contribution >= 4 is 12.0 Å². The summed E-state index contributed by atoms with van der Waals surface area (Å²) < 4.78 is 43.7. The summed E-state index contributed by atoms with van der Waals surface area (Å²) in [6.45, 7) is 2.78. The molecule has 2 aromatic carbocycles. The smallest absolute Gasteiger partial charge is 0.416 e. The van der Waals surface area contributed by atoms with Crippen LogP contribution in [-0.2, 0) is 17.5 Å². The number of hydrogen-bond acceptors (Lipinski definition) is 3. The lowest BCUT2D eigenvalue weighted by atomic mass is 10.1. The van der Waals surface area contributed by atoms with Gasteiger partial charge in [0.25, 0.3) is 0 Å². The van der Waals surface area contributed by atoms with Crippen molar-refractivity contribution in [3.05, 3.63) is 71.3 Å². The fourth-order valence-corrected chi connectivity index (χ4v) is 3.22. The van der Waals surface area contributed by atoms with E-state index >= 15 is 0 Å². The highest BCUT2D eigenvalue weighted by molar-refractivity contribution is 5.91. The van der Waals surface area contributed by atoms with Crippen molar-refractivity contribution in [1.82, 2.24) is 9.80 Å². The van der Waals surface area contributed by atoms with Gasteiger partial charge in [0.05, 0.1) is 12.7 Å². The van der Waals surface area contributed by atoms with E-state index in [1.54, 1.807) is 30.2 Å². The van der Waals surface area contributed by atoms with E-state index in [1.807, 2.05) is 24.3 Å². The first-order valence-electron chi connectivity index (χ1n) is 9.35. The number of carbonyl (C=O) groups is 1. The third kappa shape index (κ3) is 5.84. The van der Waals surface area contributed by atoms with Crippen molar-refractivity contribution in [3.8, 4) is 5.75 Å². The molecule has 7 heteroatoms. The van der Waals surface area contributed by atoms with Crippen molar-refractivity contribution in [1.29, 1.82) is 0 Å². The van der Waals surface area contributed by atoms with Crippen LogP contribution in [0.1, 0.15) is 16.7 Å². The van der Waals surface area contributed by atoms with Crippen LogP contribution in [0.4, 0.5) is 13.2 Å². The molecule has 0 atom stereocenters. The zero-order chi connectivity index (χ0) is 20.9. The van der Waals surface area contributed by atoms with Crippen LogP contribution in [-0.4, -0.2) is 49.0 Å². The number of methoxy groups -OCH3 is 1. The number of rotatable bonds is 5. The molecule has 29 heavy (non-hydrogen) atoms. The van der Waals surface area contributed by atoms with E-state index in [4.69, 9.17) is 4.74 Å². The lowest BCUT2D eigenvalue weighted by molar-refractivity contribution is -0.137. The number of piperazine rings is 1. The van der Waals surface area contributed by atoms with Gasteiger partial charge in [0.1, 0.15) is 5.75 Å². The monoisotopic (exact) mass is 404 g/mol. The molecule has 0 aliphatic carbocycles. The van der Waals surface area contributed by atoms with E-state index in [-0.39, 0.29) is 5.91 Å². The third-order valence-corrected chi connectivity index (χ3v) is 4.88. The summed E-state index contributed by atoms with van der Waals surface area (Å²) in [6.07, 6.45) is -1.03. The summed E-state index contributed by atoms with van der Waals surface area (Å²) in [5.74, 6) is 0.685. The summed E-state index contributed by atoms with van der Waals surface area (Å²) in [5.41, 5.74) is 0.897. The van der Waals surface area contributed by atoms with E-state index in [0.717, 1.165) is 17.4 Å². The van der Waals surface area contributed by atoms with Crippen LogP contribution in [0.3, 0.4) is 0 Å². The Morgan fingerprint density at radius 1 is 1.07 bits per heavy atom. The van der Waals surface area contributed by atoms with Gasteiger partial charge in [-0.25, -0.2) is 0 Å². The van der Waals surface area contributed by atoms with Gasteiger partial charge >= 0.3 is 6.18 Å². The fourth-order valence-electron chi connectivity index (χ4n) is 3.22. The van der Waals surface area contributed by atoms with Crippen molar-refractivity contribution in [3.63, 3.8) is 0 Å². The molecule has 0 radical (unpaired) electrons. The van der Waals surface area contributed by atoms with Gasteiger partial charge in [-0.15, -0.1) is 0 Å². The molecule has 1 aliphatic heterocycles. The van der Waals surface area contributed by atoms with Crippen LogP contribution < -0.4 is 4.74 Å². The SMILES string of the molecule is COc1ccc(C=CC(=O)N2CCN(Cc3cccc(C(F)(F)F)c3)CC2)cc1. The molecule has 1 fully saturated rings. The summed E-state index contributed by atoms with van der Waals surface area (Å²) in [6, 6.07) is 12.8. The highest BCUT2D eigenvalue weighted by atomic mass is 19.4. The van der Waals surface area contributed by atoms with Gasteiger partial charge in [0, 0.05) is 38.8 Å². The Balaban J connectivity index is 1.51. The van der Waals surface area contributed by atoms with Gasteiger partial charge in [-0.05, 0) is 35.4 Å². The van der Waals surface area contributed by atoms with Crippen LogP contribution >= 0.6 is 0 Å². The molecule has 0 aromatic heterocycles. The average molecular weight is 404 g/mol. The number of amides is 1. The molecule has 0 bridgehead atoms. The quantitative estimate of drug-likeness (QED) is 0.705. The van der Waals surface area contributed by atoms with Crippen molar-refractivity contribution in [2.75, 3.05) is 33.3 Å². The van der Waals surface area contributed by atoms with Crippen LogP contribution in [0, 0.1) is 0 Å². The number of alkyl halides is 3. The van der Waals surface area contributed by atoms with E-state index in [0.29, 0.717) is 38.3 Å². The Kier molecular flexibility index (Phi) is 6.59. The number of benzene rings is 2. The lowest BCUT2D eigenvalue weighted by Crippen LogP contribution is -2.47.